The van der Waals surface area contributed by atoms with Gasteiger partial charge in [-0.3, -0.25) is 14.2 Å². The first-order valence-electron chi connectivity index (χ1n) is 34.8. The summed E-state index contributed by atoms with van der Waals surface area (Å²) in [4.78, 5) is 40.1. The van der Waals surface area contributed by atoms with Gasteiger partial charge in [-0.2, -0.15) is 0 Å². The predicted molar refractivity (Wildman–Crippen MR) is 344 cm³/mol. The zero-order chi connectivity index (χ0) is 58.6. The topological polar surface area (TPSA) is 114 Å². The lowest BCUT2D eigenvalue weighted by molar-refractivity contribution is -0.870. The van der Waals surface area contributed by atoms with Crippen LogP contribution in [-0.2, 0) is 27.9 Å². The van der Waals surface area contributed by atoms with E-state index in [1.54, 1.807) is 0 Å². The number of hydrogen-bond donors (Lipinski definition) is 1. The fourth-order valence-corrected chi connectivity index (χ4v) is 11.2. The molecular weight excluding hydrogens is 1010 g/mol. The molecule has 80 heavy (non-hydrogen) atoms. The molecule has 1 N–H and O–H groups in total. The van der Waals surface area contributed by atoms with Gasteiger partial charge in [0.05, 0.1) is 33.8 Å². The molecule has 9 nitrogen and oxygen atoms in total. The number of unbranched alkanes of at least 4 members (excludes halogenated alkanes) is 45. The summed E-state index contributed by atoms with van der Waals surface area (Å²) in [6.45, 7) is 6.87. The van der Waals surface area contributed by atoms with Gasteiger partial charge in [0.15, 0.2) is 0 Å². The highest BCUT2D eigenvalue weighted by Gasteiger charge is 2.27. The molecule has 0 aromatic rings. The van der Waals surface area contributed by atoms with Gasteiger partial charge >= 0.3 is 5.97 Å². The van der Waals surface area contributed by atoms with Gasteiger partial charge in [0, 0.05) is 12.8 Å². The number of carbonyl (C=O) groups excluding carboxylic acids is 2. The first kappa shape index (κ1) is 78.2. The number of ether oxygens (including phenoxy) is 1. The smallest absolute Gasteiger partial charge is 0.306 e. The lowest BCUT2D eigenvalue weighted by Gasteiger charge is -2.30. The van der Waals surface area contributed by atoms with Crippen LogP contribution in [0.2, 0.25) is 0 Å². The Kier molecular flexibility index (Phi) is 59.0. The van der Waals surface area contributed by atoms with E-state index in [2.05, 4.69) is 50.4 Å². The molecule has 3 unspecified atom stereocenters. The summed E-state index contributed by atoms with van der Waals surface area (Å²) in [6, 6.07) is -0.899. The SMILES string of the molecule is CCCCCCCCC/C=C/C=C/CCCCCC(=O)NC(COP(=O)([O-])OCC[N+](C)(C)C)C(/C=C\CCCCCCCCCCCCC)OC(=O)CCCCCCCCCCCCCCCCCCCCCCCCCCC. The van der Waals surface area contributed by atoms with Crippen LogP contribution in [-0.4, -0.2) is 69.4 Å². The number of likely N-dealkylation sites (N-methyl/N-ethyl adjacent to an activating group) is 1. The van der Waals surface area contributed by atoms with Gasteiger partial charge in [0.1, 0.15) is 19.3 Å². The Morgan fingerprint density at radius 1 is 0.438 bits per heavy atom. The van der Waals surface area contributed by atoms with E-state index in [1.165, 1.54) is 244 Å². The number of rotatable bonds is 64. The van der Waals surface area contributed by atoms with E-state index in [-0.39, 0.29) is 31.3 Å². The predicted octanol–water partition coefficient (Wildman–Crippen LogP) is 21.2. The molecule has 0 heterocycles. The molecule has 0 radical (unpaired) electrons. The molecule has 10 heteroatoms. The van der Waals surface area contributed by atoms with Crippen LogP contribution in [0.1, 0.15) is 348 Å². The number of nitrogens with one attached hydrogen (secondary N) is 1. The number of esters is 1. The third kappa shape index (κ3) is 60.8. The van der Waals surface area contributed by atoms with Crippen molar-refractivity contribution in [1.29, 1.82) is 0 Å². The number of amides is 1. The highest BCUT2D eigenvalue weighted by atomic mass is 31.2. The average Bonchev–Trinajstić information content (AvgIpc) is 3.42. The van der Waals surface area contributed by atoms with E-state index in [1.807, 2.05) is 33.3 Å². The second-order valence-corrected chi connectivity index (χ2v) is 26.5. The fraction of sp³-hybridized carbons (Fsp3) is 0.886. The highest BCUT2D eigenvalue weighted by Crippen LogP contribution is 2.38. The Balaban J connectivity index is 5.09. The number of allylic oxidation sites excluding steroid dienone is 5. The summed E-state index contributed by atoms with van der Waals surface area (Å²) in [5, 5.41) is 3.03. The molecule has 0 rings (SSSR count). The molecule has 0 saturated heterocycles. The summed E-state index contributed by atoms with van der Waals surface area (Å²) in [7, 11) is 1.18. The van der Waals surface area contributed by atoms with E-state index in [0.29, 0.717) is 17.4 Å². The summed E-state index contributed by atoms with van der Waals surface area (Å²) >= 11 is 0. The number of phosphoric ester groups is 1. The first-order chi connectivity index (χ1) is 38.9. The number of phosphoric acid groups is 1. The van der Waals surface area contributed by atoms with Crippen molar-refractivity contribution in [3.63, 3.8) is 0 Å². The van der Waals surface area contributed by atoms with E-state index in [0.717, 1.165) is 64.2 Å². The van der Waals surface area contributed by atoms with E-state index in [9.17, 15) is 19.0 Å². The minimum Gasteiger partial charge on any atom is -0.756 e. The fourth-order valence-electron chi connectivity index (χ4n) is 10.5. The summed E-state index contributed by atoms with van der Waals surface area (Å²) in [5.41, 5.74) is 0. The quantitative estimate of drug-likeness (QED) is 0.0161. The zero-order valence-corrected chi connectivity index (χ0v) is 54.9. The Morgan fingerprint density at radius 3 is 1.11 bits per heavy atom. The molecule has 3 atom stereocenters. The second-order valence-electron chi connectivity index (χ2n) is 25.1. The van der Waals surface area contributed by atoms with Crippen molar-refractivity contribution >= 4 is 19.7 Å². The van der Waals surface area contributed by atoms with Gasteiger partial charge in [-0.15, -0.1) is 0 Å². The van der Waals surface area contributed by atoms with E-state index >= 15 is 0 Å². The summed E-state index contributed by atoms with van der Waals surface area (Å²) < 4.78 is 30.4. The minimum absolute atomic E-state index is 0.0249. The molecule has 472 valence electrons. The standard InChI is InChI=1S/C70H135N2O7P/c1-7-10-13-16-19-22-25-28-30-32-33-34-35-36-37-38-39-40-42-45-48-51-54-57-60-63-70(74)79-68(61-58-55-52-49-46-43-27-24-21-18-15-12-9-3)67(66-78-80(75,76)77-65-64-72(4,5)6)71-69(73)62-59-56-53-50-47-44-41-31-29-26-23-20-17-14-11-8-2/h31,41,44,47,58,61,67-68H,7-30,32-40,42-43,45-46,48-57,59-60,62-66H2,1-6H3,(H-,71,73,75,76)/b41-31+,47-44+,61-58-. The van der Waals surface area contributed by atoms with Gasteiger partial charge in [-0.25, -0.2) is 0 Å². The van der Waals surface area contributed by atoms with Crippen molar-refractivity contribution in [1.82, 2.24) is 5.32 Å². The van der Waals surface area contributed by atoms with Gasteiger partial charge in [-0.05, 0) is 57.4 Å². The van der Waals surface area contributed by atoms with Crippen LogP contribution >= 0.6 is 7.82 Å². The molecule has 0 aliphatic rings. The molecule has 0 saturated carbocycles. The number of carbonyl (C=O) groups is 2. The summed E-state index contributed by atoms with van der Waals surface area (Å²) in [6.07, 6.45) is 74.2. The molecule has 1 amide bonds. The Morgan fingerprint density at radius 2 is 0.750 bits per heavy atom. The average molecular weight is 1150 g/mol. The molecular formula is C70H135N2O7P. The molecule has 0 aromatic heterocycles. The molecule has 0 fully saturated rings. The number of hydrogen-bond acceptors (Lipinski definition) is 7. The van der Waals surface area contributed by atoms with Crippen molar-refractivity contribution in [2.45, 2.75) is 360 Å². The van der Waals surface area contributed by atoms with Gasteiger partial charge < -0.3 is 28.5 Å². The molecule has 0 aliphatic heterocycles. The maximum atomic E-state index is 13.5. The maximum Gasteiger partial charge on any atom is 0.306 e. The number of nitrogens with zero attached hydrogens (tertiary/aromatic N) is 1. The maximum absolute atomic E-state index is 13.5. The highest BCUT2D eigenvalue weighted by molar-refractivity contribution is 7.45. The van der Waals surface area contributed by atoms with Gasteiger partial charge in [0.2, 0.25) is 5.91 Å². The van der Waals surface area contributed by atoms with Crippen LogP contribution < -0.4 is 10.2 Å². The van der Waals surface area contributed by atoms with Crippen LogP contribution in [0.3, 0.4) is 0 Å². The summed E-state index contributed by atoms with van der Waals surface area (Å²) in [5.74, 6) is -0.554. The molecule has 0 bridgehead atoms. The third-order valence-corrected chi connectivity index (χ3v) is 16.8. The van der Waals surface area contributed by atoms with Crippen LogP contribution in [0.15, 0.2) is 36.5 Å². The first-order valence-corrected chi connectivity index (χ1v) is 36.3. The van der Waals surface area contributed by atoms with E-state index in [4.69, 9.17) is 13.8 Å². The minimum atomic E-state index is -4.71. The van der Waals surface area contributed by atoms with Crippen LogP contribution in [0.25, 0.3) is 0 Å². The van der Waals surface area contributed by atoms with Gasteiger partial charge in [0.25, 0.3) is 7.82 Å². The second kappa shape index (κ2) is 60.4. The number of quaternary nitrogens is 1. The third-order valence-electron chi connectivity index (χ3n) is 15.9. The lowest BCUT2D eigenvalue weighted by atomic mass is 10.0. The van der Waals surface area contributed by atoms with Crippen LogP contribution in [0, 0.1) is 0 Å². The largest absolute Gasteiger partial charge is 0.756 e. The lowest BCUT2D eigenvalue weighted by Crippen LogP contribution is -2.47. The van der Waals surface area contributed by atoms with E-state index < -0.39 is 26.6 Å². The van der Waals surface area contributed by atoms with Crippen molar-refractivity contribution in [3.05, 3.63) is 36.5 Å². The molecule has 0 spiro atoms. The van der Waals surface area contributed by atoms with Crippen molar-refractivity contribution in [3.8, 4) is 0 Å². The Bertz CT molecular complexity index is 1460. The van der Waals surface area contributed by atoms with Gasteiger partial charge in [-0.1, -0.05) is 314 Å². The molecule has 0 aliphatic carbocycles. The van der Waals surface area contributed by atoms with Crippen LogP contribution in [0.4, 0.5) is 0 Å². The zero-order valence-electron chi connectivity index (χ0n) is 54.1. The van der Waals surface area contributed by atoms with Crippen LogP contribution in [0.5, 0.6) is 0 Å². The van der Waals surface area contributed by atoms with Crippen molar-refractivity contribution in [2.75, 3.05) is 40.9 Å². The normalized spacial score (nSPS) is 13.7. The van der Waals surface area contributed by atoms with Crippen molar-refractivity contribution < 1.29 is 37.3 Å². The Labute approximate surface area is 497 Å². The molecule has 0 aromatic carbocycles. The van der Waals surface area contributed by atoms with Crippen molar-refractivity contribution in [2.24, 2.45) is 0 Å². The Hall–Kier alpha value is -1.77. The monoisotopic (exact) mass is 1150 g/mol.